The first-order valence-electron chi connectivity index (χ1n) is 6.52. The molecule has 2 aliphatic heterocycles. The molecule has 0 saturated carbocycles. The lowest BCUT2D eigenvalue weighted by Crippen LogP contribution is -2.29. The number of ether oxygens (including phenoxy) is 2. The molecule has 0 bridgehead atoms. The highest BCUT2D eigenvalue weighted by Gasteiger charge is 2.37. The van der Waals surface area contributed by atoms with Gasteiger partial charge in [0.15, 0.2) is 11.5 Å². The Kier molecular flexibility index (Phi) is 4.02. The molecule has 1 aromatic rings. The van der Waals surface area contributed by atoms with Gasteiger partial charge in [-0.3, -0.25) is 4.79 Å². The lowest BCUT2D eigenvalue weighted by molar-refractivity contribution is -0.127. The Hall–Kier alpha value is -0.990. The Morgan fingerprint density at radius 1 is 1.38 bits per heavy atom. The fraction of sp³-hybridized carbons (Fsp3) is 0.583. The van der Waals surface area contributed by atoms with Crippen LogP contribution in [0.1, 0.15) is 11.3 Å². The summed E-state index contributed by atoms with van der Waals surface area (Å²) in [6, 6.07) is 0. The zero-order valence-corrected chi connectivity index (χ0v) is 13.5. The zero-order chi connectivity index (χ0) is 15.0. The van der Waals surface area contributed by atoms with Crippen molar-refractivity contribution in [3.63, 3.8) is 0 Å². The molecule has 9 heteroatoms. The van der Waals surface area contributed by atoms with E-state index in [-0.39, 0.29) is 18.9 Å². The number of hydrogen-bond acceptors (Lipinski definition) is 6. The quantitative estimate of drug-likeness (QED) is 0.763. The maximum atomic E-state index is 11.8. The van der Waals surface area contributed by atoms with Gasteiger partial charge in [0.1, 0.15) is 18.5 Å². The molecular weight excluding hydrogens is 338 g/mol. The van der Waals surface area contributed by atoms with Crippen molar-refractivity contribution in [1.29, 1.82) is 0 Å². The third kappa shape index (κ3) is 3.12. The molecule has 0 aromatic carbocycles. The predicted molar refractivity (Wildman–Crippen MR) is 78.8 cm³/mol. The number of amides is 1. The standard InChI is InChI=1S/C12H14ClNO5S2/c13-21(16,17)8-5-11(15)14(6-8)2-1-10-12-9(7-20-10)18-3-4-19-12/h7-8H,1-6H2. The average molecular weight is 352 g/mol. The summed E-state index contributed by atoms with van der Waals surface area (Å²) in [5, 5.41) is 1.09. The summed E-state index contributed by atoms with van der Waals surface area (Å²) >= 11 is 1.52. The SMILES string of the molecule is O=C1CC(S(=O)(=O)Cl)CN1CCc1scc2c1OCCO2. The van der Waals surface area contributed by atoms with Crippen LogP contribution >= 0.6 is 22.0 Å². The summed E-state index contributed by atoms with van der Waals surface area (Å²) in [5.41, 5.74) is 0. The number of thiophene rings is 1. The van der Waals surface area contributed by atoms with Crippen LogP contribution in [0.2, 0.25) is 0 Å². The van der Waals surface area contributed by atoms with Crippen LogP contribution in [0.15, 0.2) is 5.38 Å². The maximum absolute atomic E-state index is 11.8. The van der Waals surface area contributed by atoms with Crippen molar-refractivity contribution in [2.45, 2.75) is 18.1 Å². The highest BCUT2D eigenvalue weighted by molar-refractivity contribution is 8.14. The molecule has 1 saturated heterocycles. The van der Waals surface area contributed by atoms with Crippen LogP contribution in [-0.4, -0.2) is 50.8 Å². The largest absolute Gasteiger partial charge is 0.485 e. The topological polar surface area (TPSA) is 72.9 Å². The van der Waals surface area contributed by atoms with Gasteiger partial charge >= 0.3 is 0 Å². The zero-order valence-electron chi connectivity index (χ0n) is 11.1. The second-order valence-corrected chi connectivity index (χ2v) is 8.81. The molecule has 21 heavy (non-hydrogen) atoms. The first-order valence-corrected chi connectivity index (χ1v) is 9.77. The Balaban J connectivity index is 1.63. The van der Waals surface area contributed by atoms with Gasteiger partial charge in [0, 0.05) is 42.0 Å². The summed E-state index contributed by atoms with van der Waals surface area (Å²) in [6.07, 6.45) is 0.581. The molecule has 0 N–H and O–H groups in total. The van der Waals surface area contributed by atoms with Crippen LogP contribution in [0.25, 0.3) is 0 Å². The Bertz CT molecular complexity index is 657. The van der Waals surface area contributed by atoms with E-state index < -0.39 is 14.3 Å². The monoisotopic (exact) mass is 351 g/mol. The van der Waals surface area contributed by atoms with Gasteiger partial charge < -0.3 is 14.4 Å². The number of halogens is 1. The Morgan fingerprint density at radius 2 is 2.14 bits per heavy atom. The number of carbonyl (C=O) groups is 1. The number of nitrogens with zero attached hydrogens (tertiary/aromatic N) is 1. The second-order valence-electron chi connectivity index (χ2n) is 4.94. The van der Waals surface area contributed by atoms with Crippen molar-refractivity contribution in [3.05, 3.63) is 10.3 Å². The number of fused-ring (bicyclic) bond motifs is 1. The van der Waals surface area contributed by atoms with Crippen molar-refractivity contribution < 1.29 is 22.7 Å². The van der Waals surface area contributed by atoms with E-state index in [1.165, 1.54) is 11.3 Å². The first kappa shape index (κ1) is 14.9. The minimum absolute atomic E-state index is 0.0337. The fourth-order valence-electron chi connectivity index (χ4n) is 2.47. The minimum Gasteiger partial charge on any atom is -0.485 e. The number of likely N-dealkylation sites (tertiary alicyclic amines) is 1. The van der Waals surface area contributed by atoms with Gasteiger partial charge in [0.25, 0.3) is 0 Å². The predicted octanol–water partition coefficient (Wildman–Crippen LogP) is 1.23. The molecule has 1 unspecified atom stereocenters. The molecule has 1 fully saturated rings. The second kappa shape index (κ2) is 5.66. The molecule has 1 aromatic heterocycles. The molecular formula is C12H14ClNO5S2. The lowest BCUT2D eigenvalue weighted by Gasteiger charge is -2.18. The van der Waals surface area contributed by atoms with Gasteiger partial charge in [-0.05, 0) is 0 Å². The first-order chi connectivity index (χ1) is 9.95. The van der Waals surface area contributed by atoms with E-state index in [1.54, 1.807) is 4.90 Å². The van der Waals surface area contributed by atoms with Gasteiger partial charge in [-0.2, -0.15) is 0 Å². The number of carbonyl (C=O) groups excluding carboxylic acids is 1. The summed E-state index contributed by atoms with van der Waals surface area (Å²) < 4.78 is 33.6. The summed E-state index contributed by atoms with van der Waals surface area (Å²) in [5.74, 6) is 1.32. The van der Waals surface area contributed by atoms with Gasteiger partial charge in [-0.25, -0.2) is 8.42 Å². The highest BCUT2D eigenvalue weighted by atomic mass is 35.7. The van der Waals surface area contributed by atoms with Crippen LogP contribution in [0.4, 0.5) is 0 Å². The van der Waals surface area contributed by atoms with E-state index in [2.05, 4.69) is 0 Å². The summed E-state index contributed by atoms with van der Waals surface area (Å²) in [7, 11) is 1.64. The molecule has 116 valence electrons. The van der Waals surface area contributed by atoms with Crippen molar-refractivity contribution >= 4 is 37.0 Å². The molecule has 0 radical (unpaired) electrons. The van der Waals surface area contributed by atoms with E-state index in [0.29, 0.717) is 26.2 Å². The van der Waals surface area contributed by atoms with E-state index in [0.717, 1.165) is 16.4 Å². The van der Waals surface area contributed by atoms with Gasteiger partial charge in [-0.1, -0.05) is 0 Å². The number of rotatable bonds is 4. The minimum atomic E-state index is -3.69. The maximum Gasteiger partial charge on any atom is 0.237 e. The molecule has 3 heterocycles. The third-order valence-electron chi connectivity index (χ3n) is 3.56. The van der Waals surface area contributed by atoms with E-state index in [9.17, 15) is 13.2 Å². The van der Waals surface area contributed by atoms with Crippen LogP contribution in [0.5, 0.6) is 11.5 Å². The molecule has 2 aliphatic rings. The van der Waals surface area contributed by atoms with Crippen LogP contribution in [0.3, 0.4) is 0 Å². The van der Waals surface area contributed by atoms with Crippen molar-refractivity contribution in [2.24, 2.45) is 0 Å². The smallest absolute Gasteiger partial charge is 0.237 e. The summed E-state index contributed by atoms with van der Waals surface area (Å²) in [4.78, 5) is 14.4. The number of hydrogen-bond donors (Lipinski definition) is 0. The van der Waals surface area contributed by atoms with Gasteiger partial charge in [-0.15, -0.1) is 11.3 Å². The fourth-order valence-corrected chi connectivity index (χ4v) is 4.42. The van der Waals surface area contributed by atoms with Crippen molar-refractivity contribution in [2.75, 3.05) is 26.3 Å². The Labute approximate surface area is 131 Å². The average Bonchev–Trinajstić information content (AvgIpc) is 3.00. The van der Waals surface area contributed by atoms with E-state index >= 15 is 0 Å². The molecule has 1 amide bonds. The Morgan fingerprint density at radius 3 is 2.86 bits per heavy atom. The molecule has 0 aliphatic carbocycles. The third-order valence-corrected chi connectivity index (χ3v) is 6.43. The molecule has 0 spiro atoms. The highest BCUT2D eigenvalue weighted by Crippen LogP contribution is 2.39. The molecule has 3 rings (SSSR count). The molecule has 1 atom stereocenters. The van der Waals surface area contributed by atoms with Gasteiger partial charge in [0.2, 0.25) is 15.0 Å². The summed E-state index contributed by atoms with van der Waals surface area (Å²) in [6.45, 7) is 1.68. The van der Waals surface area contributed by atoms with Crippen LogP contribution in [0, 0.1) is 0 Å². The normalized spacial score (nSPS) is 21.9. The molecule has 6 nitrogen and oxygen atoms in total. The lowest BCUT2D eigenvalue weighted by atomic mass is 10.3. The van der Waals surface area contributed by atoms with E-state index in [4.69, 9.17) is 20.2 Å². The van der Waals surface area contributed by atoms with Crippen molar-refractivity contribution in [3.8, 4) is 11.5 Å². The van der Waals surface area contributed by atoms with Gasteiger partial charge in [0.05, 0.1) is 4.88 Å². The van der Waals surface area contributed by atoms with E-state index in [1.807, 2.05) is 5.38 Å². The van der Waals surface area contributed by atoms with Crippen LogP contribution < -0.4 is 9.47 Å². The van der Waals surface area contributed by atoms with Crippen molar-refractivity contribution in [1.82, 2.24) is 4.90 Å². The van der Waals surface area contributed by atoms with Crippen LogP contribution in [-0.2, 0) is 20.3 Å².